The molecule has 10 heteroatoms. The Morgan fingerprint density at radius 3 is 2.65 bits per heavy atom. The van der Waals surface area contributed by atoms with E-state index in [1.807, 2.05) is 0 Å². The predicted molar refractivity (Wildman–Crippen MR) is 96.7 cm³/mol. The van der Waals surface area contributed by atoms with Crippen LogP contribution >= 0.6 is 11.6 Å². The topological polar surface area (TPSA) is 103 Å². The zero-order valence-electron chi connectivity index (χ0n) is 13.1. The molecule has 3 aromatic heterocycles. The minimum absolute atomic E-state index is 0.128. The molecule has 4 rings (SSSR count). The molecule has 4 aromatic rings. The van der Waals surface area contributed by atoms with Crippen molar-refractivity contribution >= 4 is 38.5 Å². The Morgan fingerprint density at radius 1 is 1.04 bits per heavy atom. The number of nitrogens with one attached hydrogen (secondary N) is 1. The first-order chi connectivity index (χ1) is 12.5. The second kappa shape index (κ2) is 6.36. The highest BCUT2D eigenvalue weighted by atomic mass is 35.5. The van der Waals surface area contributed by atoms with Gasteiger partial charge in [0.1, 0.15) is 18.2 Å². The SMILES string of the molecule is O=S(=O)(Nc1cc(Cl)cnc1-n1cnc2cncnc21)c1ccccc1. The van der Waals surface area contributed by atoms with E-state index in [9.17, 15) is 8.42 Å². The summed E-state index contributed by atoms with van der Waals surface area (Å²) in [7, 11) is -3.81. The first kappa shape index (κ1) is 16.4. The van der Waals surface area contributed by atoms with Gasteiger partial charge in [0.15, 0.2) is 11.5 Å². The van der Waals surface area contributed by atoms with Crippen LogP contribution in [0.3, 0.4) is 0 Å². The third kappa shape index (κ3) is 2.98. The van der Waals surface area contributed by atoms with E-state index >= 15 is 0 Å². The number of aromatic nitrogens is 5. The second-order valence-corrected chi connectivity index (χ2v) is 7.41. The molecule has 1 N–H and O–H groups in total. The first-order valence-electron chi connectivity index (χ1n) is 7.41. The molecule has 0 saturated carbocycles. The summed E-state index contributed by atoms with van der Waals surface area (Å²) in [6, 6.07) is 9.51. The first-order valence-corrected chi connectivity index (χ1v) is 9.27. The summed E-state index contributed by atoms with van der Waals surface area (Å²) in [5.41, 5.74) is 1.26. The summed E-state index contributed by atoms with van der Waals surface area (Å²) in [4.78, 5) is 16.7. The molecule has 0 unspecified atom stereocenters. The van der Waals surface area contributed by atoms with E-state index in [4.69, 9.17) is 11.6 Å². The molecule has 0 amide bonds. The number of rotatable bonds is 4. The lowest BCUT2D eigenvalue weighted by molar-refractivity contribution is 0.601. The number of benzene rings is 1. The van der Waals surface area contributed by atoms with E-state index < -0.39 is 10.0 Å². The smallest absolute Gasteiger partial charge is 0.262 e. The number of anilines is 1. The van der Waals surface area contributed by atoms with E-state index in [2.05, 4.69) is 24.7 Å². The van der Waals surface area contributed by atoms with E-state index in [0.717, 1.165) is 0 Å². The molecular weight excluding hydrogens is 376 g/mol. The van der Waals surface area contributed by atoms with Gasteiger partial charge in [0.25, 0.3) is 10.0 Å². The highest BCUT2D eigenvalue weighted by Crippen LogP contribution is 2.26. The van der Waals surface area contributed by atoms with Crippen LogP contribution in [0.15, 0.2) is 66.3 Å². The molecule has 0 fully saturated rings. The Kier molecular flexibility index (Phi) is 4.02. The lowest BCUT2D eigenvalue weighted by atomic mass is 10.4. The molecule has 0 spiro atoms. The molecule has 0 radical (unpaired) electrons. The lowest BCUT2D eigenvalue weighted by Gasteiger charge is -2.13. The summed E-state index contributed by atoms with van der Waals surface area (Å²) in [6.07, 6.45) is 5.85. The van der Waals surface area contributed by atoms with Crippen LogP contribution < -0.4 is 4.72 Å². The molecule has 0 aliphatic carbocycles. The molecule has 0 atom stereocenters. The molecule has 0 saturated heterocycles. The van der Waals surface area contributed by atoms with Crippen molar-refractivity contribution in [2.24, 2.45) is 0 Å². The van der Waals surface area contributed by atoms with Gasteiger partial charge in [0.05, 0.1) is 21.8 Å². The molecule has 0 aliphatic rings. The minimum atomic E-state index is -3.81. The maximum atomic E-state index is 12.7. The largest absolute Gasteiger partial charge is 0.276 e. The van der Waals surface area contributed by atoms with Gasteiger partial charge in [-0.2, -0.15) is 0 Å². The molecule has 130 valence electrons. The molecule has 26 heavy (non-hydrogen) atoms. The van der Waals surface area contributed by atoms with E-state index in [0.29, 0.717) is 22.0 Å². The zero-order valence-corrected chi connectivity index (χ0v) is 14.7. The number of imidazole rings is 1. The average molecular weight is 387 g/mol. The van der Waals surface area contributed by atoms with Crippen molar-refractivity contribution in [1.29, 1.82) is 0 Å². The van der Waals surface area contributed by atoms with Crippen molar-refractivity contribution in [3.8, 4) is 5.82 Å². The van der Waals surface area contributed by atoms with Gasteiger partial charge in [-0.05, 0) is 18.2 Å². The highest BCUT2D eigenvalue weighted by Gasteiger charge is 2.19. The number of nitrogens with zero attached hydrogens (tertiary/aromatic N) is 5. The molecule has 1 aromatic carbocycles. The summed E-state index contributed by atoms with van der Waals surface area (Å²) < 4.78 is 29.4. The molecule has 0 bridgehead atoms. The van der Waals surface area contributed by atoms with Crippen LogP contribution in [0.1, 0.15) is 0 Å². The number of sulfonamides is 1. The number of pyridine rings is 1. The maximum absolute atomic E-state index is 12.7. The van der Waals surface area contributed by atoms with Crippen LogP contribution in [0, 0.1) is 0 Å². The Hall–Kier alpha value is -3.04. The molecular formula is C16H11ClN6O2S. The van der Waals surface area contributed by atoms with Gasteiger partial charge in [0, 0.05) is 6.20 Å². The predicted octanol–water partition coefficient (Wildman–Crippen LogP) is 2.66. The number of hydrogen-bond acceptors (Lipinski definition) is 6. The number of halogens is 1. The van der Waals surface area contributed by atoms with Crippen molar-refractivity contribution in [3.63, 3.8) is 0 Å². The Labute approximate surface area is 153 Å². The van der Waals surface area contributed by atoms with E-state index in [1.165, 1.54) is 37.1 Å². The standard InChI is InChI=1S/C16H11ClN6O2S/c17-11-6-13(22-26(24,25)12-4-2-1-3-5-12)15(19-7-11)23-10-21-14-8-18-9-20-16(14)23/h1-10,22H. The van der Waals surface area contributed by atoms with Gasteiger partial charge in [-0.1, -0.05) is 29.8 Å². The Balaban J connectivity index is 1.84. The van der Waals surface area contributed by atoms with Crippen LogP contribution in [0.4, 0.5) is 5.69 Å². The van der Waals surface area contributed by atoms with Crippen LogP contribution in [-0.2, 0) is 10.0 Å². The Bertz CT molecular complexity index is 1190. The van der Waals surface area contributed by atoms with Crippen molar-refractivity contribution in [2.45, 2.75) is 4.90 Å². The van der Waals surface area contributed by atoms with Crippen LogP contribution in [-0.4, -0.2) is 32.9 Å². The van der Waals surface area contributed by atoms with Gasteiger partial charge < -0.3 is 0 Å². The van der Waals surface area contributed by atoms with E-state index in [-0.39, 0.29) is 10.6 Å². The van der Waals surface area contributed by atoms with Crippen molar-refractivity contribution in [3.05, 3.63) is 66.5 Å². The quantitative estimate of drug-likeness (QED) is 0.578. The van der Waals surface area contributed by atoms with Crippen LogP contribution in [0.2, 0.25) is 5.02 Å². The van der Waals surface area contributed by atoms with Gasteiger partial charge in [0.2, 0.25) is 0 Å². The fourth-order valence-electron chi connectivity index (χ4n) is 2.42. The average Bonchev–Trinajstić information content (AvgIpc) is 3.06. The fraction of sp³-hybridized carbons (Fsp3) is 0. The number of hydrogen-bond donors (Lipinski definition) is 1. The fourth-order valence-corrected chi connectivity index (χ4v) is 3.66. The van der Waals surface area contributed by atoms with Crippen molar-refractivity contribution < 1.29 is 8.42 Å². The zero-order chi connectivity index (χ0) is 18.1. The molecule has 8 nitrogen and oxygen atoms in total. The van der Waals surface area contributed by atoms with Gasteiger partial charge in [-0.15, -0.1) is 0 Å². The normalized spacial score (nSPS) is 11.6. The van der Waals surface area contributed by atoms with Gasteiger partial charge >= 0.3 is 0 Å². The highest BCUT2D eigenvalue weighted by molar-refractivity contribution is 7.92. The summed E-state index contributed by atoms with van der Waals surface area (Å²) >= 11 is 6.02. The maximum Gasteiger partial charge on any atom is 0.262 e. The van der Waals surface area contributed by atoms with Crippen molar-refractivity contribution in [2.75, 3.05) is 4.72 Å². The van der Waals surface area contributed by atoms with Gasteiger partial charge in [-0.25, -0.2) is 28.4 Å². The second-order valence-electron chi connectivity index (χ2n) is 5.29. The Morgan fingerprint density at radius 2 is 1.85 bits per heavy atom. The third-order valence-corrected chi connectivity index (χ3v) is 5.16. The summed E-state index contributed by atoms with van der Waals surface area (Å²) in [6.45, 7) is 0. The summed E-state index contributed by atoms with van der Waals surface area (Å²) in [5, 5.41) is 0.290. The number of fused-ring (bicyclic) bond motifs is 1. The van der Waals surface area contributed by atoms with Crippen molar-refractivity contribution in [1.82, 2.24) is 24.5 Å². The molecule has 0 aliphatic heterocycles. The minimum Gasteiger partial charge on any atom is -0.276 e. The monoisotopic (exact) mass is 386 g/mol. The summed E-state index contributed by atoms with van der Waals surface area (Å²) in [5.74, 6) is 0.301. The molecule has 3 heterocycles. The van der Waals surface area contributed by atoms with Gasteiger partial charge in [-0.3, -0.25) is 9.29 Å². The third-order valence-electron chi connectivity index (χ3n) is 3.57. The van der Waals surface area contributed by atoms with Crippen LogP contribution in [0.25, 0.3) is 17.0 Å². The lowest BCUT2D eigenvalue weighted by Crippen LogP contribution is -2.15. The van der Waals surface area contributed by atoms with Crippen LogP contribution in [0.5, 0.6) is 0 Å². The van der Waals surface area contributed by atoms with E-state index in [1.54, 1.807) is 29.0 Å².